The third-order valence-corrected chi connectivity index (χ3v) is 4.97. The molecule has 1 aliphatic rings. The fraction of sp³-hybridized carbons (Fsp3) is 0.318. The second-order valence-electron chi connectivity index (χ2n) is 7.72. The molecule has 1 fully saturated rings. The van der Waals surface area contributed by atoms with E-state index in [9.17, 15) is 19.1 Å². The number of nitrogens with two attached hydrogens (primary N) is 1. The fourth-order valence-corrected chi connectivity index (χ4v) is 3.37. The number of amides is 2. The number of hydrogen-bond acceptors (Lipinski definition) is 6. The molecule has 2 aromatic rings. The van der Waals surface area contributed by atoms with Crippen LogP contribution >= 0.6 is 0 Å². The van der Waals surface area contributed by atoms with Gasteiger partial charge in [0, 0.05) is 35.6 Å². The molecule has 32 heavy (non-hydrogen) atoms. The molecule has 0 radical (unpaired) electrons. The molecule has 0 spiro atoms. The summed E-state index contributed by atoms with van der Waals surface area (Å²) in [4.78, 5) is 28.7. The molecular formula is C22H26FN5O4. The largest absolute Gasteiger partial charge is 0.384 e. The van der Waals surface area contributed by atoms with Crippen molar-refractivity contribution in [3.05, 3.63) is 59.4 Å². The van der Waals surface area contributed by atoms with E-state index in [-0.39, 0.29) is 24.8 Å². The van der Waals surface area contributed by atoms with E-state index < -0.39 is 24.0 Å². The number of benzene rings is 2. The Morgan fingerprint density at radius 1 is 1.34 bits per heavy atom. The lowest BCUT2D eigenvalue weighted by molar-refractivity contribution is -0.150. The molecule has 5 N–H and O–H groups in total. The van der Waals surface area contributed by atoms with Crippen molar-refractivity contribution in [3.8, 4) is 0 Å². The van der Waals surface area contributed by atoms with E-state index in [1.807, 2.05) is 19.0 Å². The van der Waals surface area contributed by atoms with Gasteiger partial charge in [0.15, 0.2) is 12.2 Å². The Morgan fingerprint density at radius 3 is 2.66 bits per heavy atom. The van der Waals surface area contributed by atoms with Crippen molar-refractivity contribution in [2.24, 2.45) is 5.73 Å². The van der Waals surface area contributed by atoms with E-state index in [4.69, 9.17) is 15.9 Å². The summed E-state index contributed by atoms with van der Waals surface area (Å²) in [5, 5.41) is 20.4. The van der Waals surface area contributed by atoms with Gasteiger partial charge in [0.25, 0.3) is 11.8 Å². The molecule has 1 aliphatic heterocycles. The highest BCUT2D eigenvalue weighted by Gasteiger charge is 2.39. The van der Waals surface area contributed by atoms with Crippen LogP contribution in [0.3, 0.4) is 0 Å². The molecule has 2 atom stereocenters. The molecule has 2 aromatic carbocycles. The lowest BCUT2D eigenvalue weighted by Crippen LogP contribution is -2.55. The maximum atomic E-state index is 14.1. The van der Waals surface area contributed by atoms with Crippen LogP contribution in [0.25, 0.3) is 0 Å². The Morgan fingerprint density at radius 2 is 2.03 bits per heavy atom. The first-order valence-corrected chi connectivity index (χ1v) is 9.97. The zero-order chi connectivity index (χ0) is 23.4. The van der Waals surface area contributed by atoms with Gasteiger partial charge < -0.3 is 30.7 Å². The number of ether oxygens (including phenoxy) is 1. The smallest absolute Gasteiger partial charge is 0.259 e. The van der Waals surface area contributed by atoms with Gasteiger partial charge in [-0.15, -0.1) is 0 Å². The van der Waals surface area contributed by atoms with Gasteiger partial charge in [-0.05, 0) is 56.6 Å². The number of anilines is 2. The molecule has 0 saturated carbocycles. The van der Waals surface area contributed by atoms with Gasteiger partial charge >= 0.3 is 0 Å². The van der Waals surface area contributed by atoms with E-state index in [0.29, 0.717) is 29.0 Å². The Hall–Kier alpha value is -3.34. The third kappa shape index (κ3) is 5.28. The van der Waals surface area contributed by atoms with Gasteiger partial charge in [0.2, 0.25) is 0 Å². The van der Waals surface area contributed by atoms with Crippen LogP contribution in [-0.4, -0.2) is 67.1 Å². The lowest BCUT2D eigenvalue weighted by atomic mass is 10.1. The summed E-state index contributed by atoms with van der Waals surface area (Å²) in [6, 6.07) is 10.5. The summed E-state index contributed by atoms with van der Waals surface area (Å²) in [7, 11) is 3.62. The van der Waals surface area contributed by atoms with Gasteiger partial charge in [-0.25, -0.2) is 4.39 Å². The number of carbonyl (C=O) groups is 2. The molecule has 1 heterocycles. The van der Waals surface area contributed by atoms with Crippen molar-refractivity contribution in [2.45, 2.75) is 18.8 Å². The topological polar surface area (TPSA) is 132 Å². The van der Waals surface area contributed by atoms with Crippen molar-refractivity contribution in [3.63, 3.8) is 0 Å². The van der Waals surface area contributed by atoms with Crippen LogP contribution in [0.2, 0.25) is 0 Å². The quantitative estimate of drug-likeness (QED) is 0.371. The minimum Gasteiger partial charge on any atom is -0.384 e. The number of rotatable bonds is 7. The number of nitrogens with one attached hydrogen (secondary N) is 2. The van der Waals surface area contributed by atoms with E-state index in [1.165, 1.54) is 29.2 Å². The van der Waals surface area contributed by atoms with Gasteiger partial charge in [0.1, 0.15) is 11.7 Å². The third-order valence-electron chi connectivity index (χ3n) is 4.97. The normalized spacial score (nSPS) is 17.3. The summed E-state index contributed by atoms with van der Waals surface area (Å²) < 4.78 is 19.5. The van der Waals surface area contributed by atoms with Crippen LogP contribution in [0.15, 0.2) is 42.5 Å². The second kappa shape index (κ2) is 9.86. The van der Waals surface area contributed by atoms with Crippen molar-refractivity contribution in [1.29, 1.82) is 5.41 Å². The number of aliphatic hydroxyl groups is 1. The van der Waals surface area contributed by atoms with Crippen LogP contribution < -0.4 is 16.0 Å². The Kier molecular flexibility index (Phi) is 7.18. The van der Waals surface area contributed by atoms with Crippen molar-refractivity contribution < 1.29 is 23.8 Å². The number of carbonyl (C=O) groups excluding carboxylic acids is 2. The van der Waals surface area contributed by atoms with Crippen LogP contribution in [-0.2, 0) is 20.9 Å². The number of morpholine rings is 1. The summed E-state index contributed by atoms with van der Waals surface area (Å²) >= 11 is 0. The SMILES string of the molecule is CN(C)Cc1cc(N2CCO[C@H]([C@@H](O)C(=O)Nc3ccc(C(=N)N)cc3)C2=O)ccc1F. The summed E-state index contributed by atoms with van der Waals surface area (Å²) in [5.41, 5.74) is 7.15. The predicted octanol–water partition coefficient (Wildman–Crippen LogP) is 0.903. The molecule has 10 heteroatoms. The highest BCUT2D eigenvalue weighted by atomic mass is 19.1. The van der Waals surface area contributed by atoms with E-state index in [2.05, 4.69) is 5.32 Å². The minimum atomic E-state index is -1.75. The van der Waals surface area contributed by atoms with Crippen LogP contribution in [0.1, 0.15) is 11.1 Å². The van der Waals surface area contributed by atoms with Crippen LogP contribution in [0.4, 0.5) is 15.8 Å². The summed E-state index contributed by atoms with van der Waals surface area (Å²) in [6.07, 6.45) is -3.15. The average molecular weight is 443 g/mol. The first-order chi connectivity index (χ1) is 15.2. The van der Waals surface area contributed by atoms with E-state index in [1.54, 1.807) is 18.2 Å². The maximum absolute atomic E-state index is 14.1. The van der Waals surface area contributed by atoms with Gasteiger partial charge in [-0.2, -0.15) is 0 Å². The van der Waals surface area contributed by atoms with E-state index >= 15 is 0 Å². The molecular weight excluding hydrogens is 417 g/mol. The van der Waals surface area contributed by atoms with Crippen LogP contribution in [0, 0.1) is 11.2 Å². The number of hydrogen-bond donors (Lipinski definition) is 4. The highest BCUT2D eigenvalue weighted by Crippen LogP contribution is 2.24. The van der Waals surface area contributed by atoms with Gasteiger partial charge in [-0.1, -0.05) is 0 Å². The Labute approximate surface area is 185 Å². The summed E-state index contributed by atoms with van der Waals surface area (Å²) in [5.74, 6) is -1.89. The Bertz CT molecular complexity index is 1010. The molecule has 0 aliphatic carbocycles. The Balaban J connectivity index is 1.72. The molecule has 1 saturated heterocycles. The van der Waals surface area contributed by atoms with Gasteiger partial charge in [-0.3, -0.25) is 15.0 Å². The minimum absolute atomic E-state index is 0.106. The van der Waals surface area contributed by atoms with Crippen LogP contribution in [0.5, 0.6) is 0 Å². The average Bonchev–Trinajstić information content (AvgIpc) is 2.75. The first kappa shape index (κ1) is 23.3. The second-order valence-corrected chi connectivity index (χ2v) is 7.72. The lowest BCUT2D eigenvalue weighted by Gasteiger charge is -2.34. The molecule has 0 unspecified atom stereocenters. The van der Waals surface area contributed by atoms with Crippen molar-refractivity contribution in [1.82, 2.24) is 4.90 Å². The van der Waals surface area contributed by atoms with E-state index in [0.717, 1.165) is 0 Å². The number of nitrogens with zero attached hydrogens (tertiary/aromatic N) is 2. The predicted molar refractivity (Wildman–Crippen MR) is 118 cm³/mol. The monoisotopic (exact) mass is 443 g/mol. The fourth-order valence-electron chi connectivity index (χ4n) is 3.37. The first-order valence-electron chi connectivity index (χ1n) is 9.97. The zero-order valence-corrected chi connectivity index (χ0v) is 17.8. The highest BCUT2D eigenvalue weighted by molar-refractivity contribution is 6.04. The molecule has 3 rings (SSSR count). The number of aliphatic hydroxyl groups excluding tert-OH is 1. The molecule has 2 amide bonds. The maximum Gasteiger partial charge on any atom is 0.259 e. The number of halogens is 1. The molecule has 0 bridgehead atoms. The summed E-state index contributed by atoms with van der Waals surface area (Å²) in [6.45, 7) is 0.673. The van der Waals surface area contributed by atoms with Crippen molar-refractivity contribution in [2.75, 3.05) is 37.5 Å². The van der Waals surface area contributed by atoms with Gasteiger partial charge in [0.05, 0.1) is 6.61 Å². The zero-order valence-electron chi connectivity index (χ0n) is 17.8. The number of nitrogen functional groups attached to an aromatic ring is 1. The van der Waals surface area contributed by atoms with Crippen molar-refractivity contribution >= 4 is 29.0 Å². The standard InChI is InChI=1S/C22H26FN5O4/c1-27(2)12-14-11-16(7-8-17(14)23)28-9-10-32-19(22(28)31)18(29)21(30)26-15-5-3-13(4-6-15)20(24)25/h3-8,11,18-19,29H,9-10,12H2,1-2H3,(H3,24,25)(H,26,30)/t18-,19-/m1/s1. The number of amidine groups is 1. The molecule has 0 aromatic heterocycles. The molecule has 9 nitrogen and oxygen atoms in total. The molecule has 170 valence electrons.